The molecule has 0 aliphatic rings. The quantitative estimate of drug-likeness (QED) is 0.231. The Hall–Kier alpha value is -2.69. The third-order valence-corrected chi connectivity index (χ3v) is 3.56. The number of carbonyl (C=O) groups is 5. The van der Waals surface area contributed by atoms with E-state index in [4.69, 9.17) is 15.9 Å². The van der Waals surface area contributed by atoms with Gasteiger partial charge in [0.05, 0.1) is 6.54 Å². The second kappa shape index (κ2) is 11.8. The van der Waals surface area contributed by atoms with Crippen molar-refractivity contribution in [3.8, 4) is 0 Å². The lowest BCUT2D eigenvalue weighted by Gasteiger charge is -2.22. The van der Waals surface area contributed by atoms with Crippen molar-refractivity contribution in [1.82, 2.24) is 16.0 Å². The zero-order valence-corrected chi connectivity index (χ0v) is 15.7. The Labute approximate surface area is 157 Å². The molecule has 27 heavy (non-hydrogen) atoms. The second-order valence-corrected chi connectivity index (χ2v) is 6.52. The second-order valence-electron chi connectivity index (χ2n) is 6.52. The highest BCUT2D eigenvalue weighted by molar-refractivity contribution is 5.93. The van der Waals surface area contributed by atoms with E-state index >= 15 is 0 Å². The van der Waals surface area contributed by atoms with E-state index < -0.39 is 47.8 Å². The summed E-state index contributed by atoms with van der Waals surface area (Å²) < 4.78 is 0. The summed E-state index contributed by atoms with van der Waals surface area (Å²) in [6.45, 7) is 4.57. The third kappa shape index (κ3) is 10.1. The first kappa shape index (κ1) is 24.3. The molecule has 0 unspecified atom stereocenters. The maximum Gasteiger partial charge on any atom is 0.326 e. The fraction of sp³-hybridized carbons (Fsp3) is 0.688. The molecular weight excluding hydrogens is 360 g/mol. The third-order valence-electron chi connectivity index (χ3n) is 3.56. The Morgan fingerprint density at radius 3 is 1.93 bits per heavy atom. The molecule has 0 rings (SSSR count). The van der Waals surface area contributed by atoms with Crippen LogP contribution in [-0.4, -0.2) is 64.5 Å². The van der Waals surface area contributed by atoms with Crippen LogP contribution in [0.25, 0.3) is 0 Å². The smallest absolute Gasteiger partial charge is 0.326 e. The standard InChI is InChI=1S/C16H28N4O7/c1-8(2)6-11(16(26)27)20-14(24)9(3)18-15(25)10(4-5-13(22)23)19-12(21)7-17/h8-11H,4-7,17H2,1-3H3,(H,18,25)(H,19,21)(H,20,24)(H,22,23)(H,26,27)/t9-,10-,11-/m0/s1. The first-order valence-electron chi connectivity index (χ1n) is 8.52. The number of nitrogens with one attached hydrogen (secondary N) is 3. The molecule has 0 aromatic heterocycles. The largest absolute Gasteiger partial charge is 0.481 e. The van der Waals surface area contributed by atoms with Crippen molar-refractivity contribution < 1.29 is 34.2 Å². The lowest BCUT2D eigenvalue weighted by atomic mass is 10.0. The van der Waals surface area contributed by atoms with Crippen LogP contribution >= 0.6 is 0 Å². The first-order chi connectivity index (χ1) is 12.5. The van der Waals surface area contributed by atoms with Crippen molar-refractivity contribution in [2.24, 2.45) is 11.7 Å². The minimum absolute atomic E-state index is 0.0307. The maximum atomic E-state index is 12.3. The van der Waals surface area contributed by atoms with Gasteiger partial charge in [0.15, 0.2) is 0 Å². The van der Waals surface area contributed by atoms with Crippen LogP contribution in [0.2, 0.25) is 0 Å². The number of hydrogen-bond donors (Lipinski definition) is 6. The predicted molar refractivity (Wildman–Crippen MR) is 94.5 cm³/mol. The Morgan fingerprint density at radius 2 is 1.48 bits per heavy atom. The lowest BCUT2D eigenvalue weighted by Crippen LogP contribution is -2.55. The van der Waals surface area contributed by atoms with Gasteiger partial charge in [-0.15, -0.1) is 0 Å². The van der Waals surface area contributed by atoms with Gasteiger partial charge in [0, 0.05) is 6.42 Å². The van der Waals surface area contributed by atoms with Crippen LogP contribution in [0.1, 0.15) is 40.0 Å². The molecule has 0 spiro atoms. The summed E-state index contributed by atoms with van der Waals surface area (Å²) in [6.07, 6.45) is -0.346. The van der Waals surface area contributed by atoms with Gasteiger partial charge in [0.1, 0.15) is 18.1 Å². The van der Waals surface area contributed by atoms with Crippen LogP contribution in [0.5, 0.6) is 0 Å². The van der Waals surface area contributed by atoms with Crippen molar-refractivity contribution in [2.75, 3.05) is 6.54 Å². The van der Waals surface area contributed by atoms with Gasteiger partial charge < -0.3 is 31.9 Å². The van der Waals surface area contributed by atoms with Gasteiger partial charge in [-0.05, 0) is 25.7 Å². The molecule has 3 atom stereocenters. The van der Waals surface area contributed by atoms with E-state index in [0.29, 0.717) is 0 Å². The van der Waals surface area contributed by atoms with E-state index in [2.05, 4.69) is 16.0 Å². The molecule has 0 aliphatic carbocycles. The summed E-state index contributed by atoms with van der Waals surface area (Å²) in [4.78, 5) is 57.7. The van der Waals surface area contributed by atoms with E-state index in [1.165, 1.54) is 6.92 Å². The molecule has 0 saturated heterocycles. The molecule has 0 aliphatic heterocycles. The van der Waals surface area contributed by atoms with Crippen LogP contribution in [0.4, 0.5) is 0 Å². The molecule has 3 amide bonds. The van der Waals surface area contributed by atoms with Gasteiger partial charge in [-0.2, -0.15) is 0 Å². The van der Waals surface area contributed by atoms with E-state index in [1.807, 2.05) is 0 Å². The number of rotatable bonds is 12. The van der Waals surface area contributed by atoms with Crippen LogP contribution in [0.3, 0.4) is 0 Å². The van der Waals surface area contributed by atoms with Gasteiger partial charge >= 0.3 is 11.9 Å². The summed E-state index contributed by atoms with van der Waals surface area (Å²) in [5, 5.41) is 24.9. The molecule has 11 heteroatoms. The molecule has 0 aromatic carbocycles. The highest BCUT2D eigenvalue weighted by Crippen LogP contribution is 2.05. The molecule has 0 heterocycles. The van der Waals surface area contributed by atoms with E-state index in [-0.39, 0.29) is 31.7 Å². The van der Waals surface area contributed by atoms with Crippen molar-refractivity contribution in [2.45, 2.75) is 58.2 Å². The molecule has 0 bridgehead atoms. The Morgan fingerprint density at radius 1 is 0.889 bits per heavy atom. The number of amides is 3. The van der Waals surface area contributed by atoms with Gasteiger partial charge in [0.25, 0.3) is 0 Å². The molecule has 154 valence electrons. The monoisotopic (exact) mass is 388 g/mol. The summed E-state index contributed by atoms with van der Waals surface area (Å²) in [5.41, 5.74) is 5.17. The number of carboxylic acids is 2. The Balaban J connectivity index is 4.91. The number of carboxylic acid groups (broad SMARTS) is 2. The number of carbonyl (C=O) groups excluding carboxylic acids is 3. The molecular formula is C16H28N4O7. The summed E-state index contributed by atoms with van der Waals surface area (Å²) in [6, 6.07) is -3.37. The van der Waals surface area contributed by atoms with E-state index in [9.17, 15) is 24.0 Å². The average Bonchev–Trinajstić information content (AvgIpc) is 2.56. The predicted octanol–water partition coefficient (Wildman–Crippen LogP) is -1.59. The van der Waals surface area contributed by atoms with Crippen molar-refractivity contribution in [3.63, 3.8) is 0 Å². The van der Waals surface area contributed by atoms with Crippen LogP contribution < -0.4 is 21.7 Å². The Bertz CT molecular complexity index is 565. The summed E-state index contributed by atoms with van der Waals surface area (Å²) in [5.74, 6) is -4.44. The van der Waals surface area contributed by atoms with E-state index in [1.54, 1.807) is 13.8 Å². The molecule has 0 radical (unpaired) electrons. The van der Waals surface area contributed by atoms with Crippen LogP contribution in [0.15, 0.2) is 0 Å². The van der Waals surface area contributed by atoms with Crippen LogP contribution in [-0.2, 0) is 24.0 Å². The average molecular weight is 388 g/mol. The molecule has 11 nitrogen and oxygen atoms in total. The highest BCUT2D eigenvalue weighted by Gasteiger charge is 2.27. The van der Waals surface area contributed by atoms with Crippen LogP contribution in [0, 0.1) is 5.92 Å². The zero-order valence-electron chi connectivity index (χ0n) is 15.7. The van der Waals surface area contributed by atoms with Gasteiger partial charge in [-0.25, -0.2) is 4.79 Å². The van der Waals surface area contributed by atoms with Gasteiger partial charge in [0.2, 0.25) is 17.7 Å². The number of hydrogen-bond acceptors (Lipinski definition) is 6. The highest BCUT2D eigenvalue weighted by atomic mass is 16.4. The zero-order chi connectivity index (χ0) is 21.1. The first-order valence-corrected chi connectivity index (χ1v) is 8.52. The fourth-order valence-corrected chi connectivity index (χ4v) is 2.16. The topological polar surface area (TPSA) is 188 Å². The van der Waals surface area contributed by atoms with Crippen molar-refractivity contribution in [3.05, 3.63) is 0 Å². The van der Waals surface area contributed by atoms with Crippen molar-refractivity contribution in [1.29, 1.82) is 0 Å². The van der Waals surface area contributed by atoms with Crippen molar-refractivity contribution >= 4 is 29.7 Å². The minimum Gasteiger partial charge on any atom is -0.481 e. The Kier molecular flexibility index (Phi) is 10.7. The molecule has 7 N–H and O–H groups in total. The lowest BCUT2D eigenvalue weighted by molar-refractivity contribution is -0.142. The van der Waals surface area contributed by atoms with Gasteiger partial charge in [-0.3, -0.25) is 19.2 Å². The number of aliphatic carboxylic acids is 2. The fourth-order valence-electron chi connectivity index (χ4n) is 2.16. The summed E-state index contributed by atoms with van der Waals surface area (Å²) >= 11 is 0. The van der Waals surface area contributed by atoms with Gasteiger partial charge in [-0.1, -0.05) is 13.8 Å². The van der Waals surface area contributed by atoms with E-state index in [0.717, 1.165) is 0 Å². The SMILES string of the molecule is CC(C)C[C@H](NC(=O)[C@H](C)NC(=O)[C@H](CCC(=O)O)NC(=O)CN)C(=O)O. The maximum absolute atomic E-state index is 12.3. The molecule has 0 fully saturated rings. The summed E-state index contributed by atoms with van der Waals surface area (Å²) in [7, 11) is 0. The molecule has 0 saturated carbocycles. The number of nitrogens with two attached hydrogens (primary N) is 1. The minimum atomic E-state index is -1.19. The molecule has 0 aromatic rings. The normalized spacial score (nSPS) is 14.0.